The van der Waals surface area contributed by atoms with Gasteiger partial charge in [0.25, 0.3) is 0 Å². The van der Waals surface area contributed by atoms with Crippen LogP contribution in [0.15, 0.2) is 36.9 Å². The molecule has 0 aliphatic rings. The van der Waals surface area contributed by atoms with E-state index >= 15 is 0 Å². The summed E-state index contributed by atoms with van der Waals surface area (Å²) in [4.78, 5) is 30.3. The van der Waals surface area contributed by atoms with Crippen LogP contribution in [-0.2, 0) is 14.6 Å². The zero-order valence-electron chi connectivity index (χ0n) is 8.23. The fraction of sp³-hybridized carbons (Fsp3) is 0.0909. The Balaban J connectivity index is 2.61. The molecule has 0 saturated heterocycles. The molecule has 0 saturated carbocycles. The number of carbonyl (C=O) groups is 2. The molecule has 1 aromatic rings. The monoisotopic (exact) mass is 206 g/mol. The lowest BCUT2D eigenvalue weighted by Crippen LogP contribution is -2.09. The van der Waals surface area contributed by atoms with E-state index in [9.17, 15) is 9.59 Å². The third-order valence-electron chi connectivity index (χ3n) is 1.62. The summed E-state index contributed by atoms with van der Waals surface area (Å²) in [7, 11) is 0. The van der Waals surface area contributed by atoms with Gasteiger partial charge in [-0.1, -0.05) is 24.3 Å². The summed E-state index contributed by atoms with van der Waals surface area (Å²) >= 11 is 0. The van der Waals surface area contributed by atoms with Crippen LogP contribution in [0.3, 0.4) is 0 Å². The molecule has 0 atom stereocenters. The molecular weight excluding hydrogens is 196 g/mol. The first-order valence-electron chi connectivity index (χ1n) is 4.25. The Morgan fingerprint density at radius 1 is 1.33 bits per heavy atom. The summed E-state index contributed by atoms with van der Waals surface area (Å²) < 4.78 is 0. The number of benzene rings is 1. The molecule has 0 spiro atoms. The van der Waals surface area contributed by atoms with Crippen LogP contribution in [-0.4, -0.2) is 11.9 Å². The van der Waals surface area contributed by atoms with Gasteiger partial charge in [-0.25, -0.2) is 19.4 Å². The molecule has 0 bridgehead atoms. The SMILES string of the molecule is C=CC(=O)OOC(=O)c1cccc(C)c1. The van der Waals surface area contributed by atoms with E-state index in [0.717, 1.165) is 11.6 Å². The topological polar surface area (TPSA) is 52.6 Å². The largest absolute Gasteiger partial charge is 0.386 e. The summed E-state index contributed by atoms with van der Waals surface area (Å²) in [6, 6.07) is 6.74. The van der Waals surface area contributed by atoms with Crippen molar-refractivity contribution in [2.45, 2.75) is 6.92 Å². The van der Waals surface area contributed by atoms with Crippen LogP contribution < -0.4 is 0 Å². The number of aryl methyl sites for hydroxylation is 1. The van der Waals surface area contributed by atoms with E-state index < -0.39 is 11.9 Å². The highest BCUT2D eigenvalue weighted by Gasteiger charge is 2.10. The van der Waals surface area contributed by atoms with Crippen LogP contribution in [0.5, 0.6) is 0 Å². The highest BCUT2D eigenvalue weighted by atomic mass is 17.2. The first kappa shape index (κ1) is 11.0. The first-order valence-corrected chi connectivity index (χ1v) is 4.25. The molecule has 0 radical (unpaired) electrons. The minimum Gasteiger partial charge on any atom is -0.242 e. The van der Waals surface area contributed by atoms with Crippen molar-refractivity contribution in [1.82, 2.24) is 0 Å². The summed E-state index contributed by atoms with van der Waals surface area (Å²) in [5.41, 5.74) is 1.24. The van der Waals surface area contributed by atoms with Gasteiger partial charge < -0.3 is 0 Å². The Bertz CT molecular complexity index is 395. The van der Waals surface area contributed by atoms with Crippen molar-refractivity contribution in [3.8, 4) is 0 Å². The maximum Gasteiger partial charge on any atom is 0.386 e. The summed E-state index contributed by atoms with van der Waals surface area (Å²) in [5.74, 6) is -1.52. The predicted octanol–water partition coefficient (Wildman–Crippen LogP) is 1.80. The molecule has 0 aliphatic carbocycles. The van der Waals surface area contributed by atoms with E-state index in [-0.39, 0.29) is 0 Å². The highest BCUT2D eigenvalue weighted by molar-refractivity contribution is 5.90. The molecule has 0 unspecified atom stereocenters. The highest BCUT2D eigenvalue weighted by Crippen LogP contribution is 2.05. The van der Waals surface area contributed by atoms with Gasteiger partial charge in [-0.15, -0.1) is 0 Å². The van der Waals surface area contributed by atoms with Crippen molar-refractivity contribution >= 4 is 11.9 Å². The normalized spacial score (nSPS) is 9.13. The number of carbonyl (C=O) groups excluding carboxylic acids is 2. The minimum atomic E-state index is -0.809. The molecular formula is C11H10O4. The summed E-state index contributed by atoms with van der Waals surface area (Å²) in [6.07, 6.45) is 0.906. The van der Waals surface area contributed by atoms with Gasteiger partial charge in [0.1, 0.15) is 0 Å². The minimum absolute atomic E-state index is 0.326. The third-order valence-corrected chi connectivity index (χ3v) is 1.62. The molecule has 0 aromatic heterocycles. The van der Waals surface area contributed by atoms with Gasteiger partial charge in [-0.2, -0.15) is 0 Å². The van der Waals surface area contributed by atoms with Gasteiger partial charge in [0.05, 0.1) is 5.56 Å². The standard InChI is InChI=1S/C11H10O4/c1-3-10(12)14-15-11(13)9-6-4-5-8(2)7-9/h3-7H,1H2,2H3. The van der Waals surface area contributed by atoms with E-state index in [0.29, 0.717) is 5.56 Å². The second-order valence-electron chi connectivity index (χ2n) is 2.85. The Labute approximate surface area is 87.0 Å². The molecule has 1 aromatic carbocycles. The van der Waals surface area contributed by atoms with Crippen molar-refractivity contribution in [3.63, 3.8) is 0 Å². The van der Waals surface area contributed by atoms with Crippen molar-refractivity contribution in [2.75, 3.05) is 0 Å². The Kier molecular flexibility index (Phi) is 3.62. The lowest BCUT2D eigenvalue weighted by Gasteiger charge is -2.01. The molecule has 0 fully saturated rings. The smallest absolute Gasteiger partial charge is 0.242 e. The van der Waals surface area contributed by atoms with Gasteiger partial charge in [0.15, 0.2) is 0 Å². The van der Waals surface area contributed by atoms with E-state index in [1.165, 1.54) is 0 Å². The second-order valence-corrected chi connectivity index (χ2v) is 2.85. The number of rotatable bonds is 2. The Morgan fingerprint density at radius 3 is 2.67 bits per heavy atom. The van der Waals surface area contributed by atoms with Crippen LogP contribution in [0.4, 0.5) is 0 Å². The zero-order valence-corrected chi connectivity index (χ0v) is 8.23. The zero-order chi connectivity index (χ0) is 11.3. The Hall–Kier alpha value is -2.10. The van der Waals surface area contributed by atoms with Gasteiger partial charge >= 0.3 is 11.9 Å². The molecule has 0 heterocycles. The van der Waals surface area contributed by atoms with E-state index in [1.807, 2.05) is 13.0 Å². The lowest BCUT2D eigenvalue weighted by atomic mass is 10.1. The van der Waals surface area contributed by atoms with Crippen molar-refractivity contribution in [2.24, 2.45) is 0 Å². The first-order chi connectivity index (χ1) is 7.13. The van der Waals surface area contributed by atoms with Gasteiger partial charge in [-0.3, -0.25) is 0 Å². The average molecular weight is 206 g/mol. The van der Waals surface area contributed by atoms with Gasteiger partial charge in [-0.05, 0) is 19.1 Å². The average Bonchev–Trinajstić information content (AvgIpc) is 2.25. The van der Waals surface area contributed by atoms with Gasteiger partial charge in [0.2, 0.25) is 0 Å². The quantitative estimate of drug-likeness (QED) is 0.420. The molecule has 0 aliphatic heterocycles. The Morgan fingerprint density at radius 2 is 2.07 bits per heavy atom. The molecule has 0 N–H and O–H groups in total. The van der Waals surface area contributed by atoms with Crippen molar-refractivity contribution in [1.29, 1.82) is 0 Å². The van der Waals surface area contributed by atoms with Crippen molar-refractivity contribution in [3.05, 3.63) is 48.0 Å². The van der Waals surface area contributed by atoms with Crippen LogP contribution in [0.1, 0.15) is 15.9 Å². The summed E-state index contributed by atoms with van der Waals surface area (Å²) in [6.45, 7) is 5.00. The van der Waals surface area contributed by atoms with Crippen LogP contribution in [0, 0.1) is 6.92 Å². The second kappa shape index (κ2) is 4.95. The fourth-order valence-electron chi connectivity index (χ4n) is 0.933. The number of hydrogen-bond acceptors (Lipinski definition) is 4. The van der Waals surface area contributed by atoms with E-state index in [1.54, 1.807) is 18.2 Å². The molecule has 4 nitrogen and oxygen atoms in total. The maximum atomic E-state index is 11.3. The van der Waals surface area contributed by atoms with E-state index in [4.69, 9.17) is 0 Å². The molecule has 0 amide bonds. The molecule has 15 heavy (non-hydrogen) atoms. The van der Waals surface area contributed by atoms with Crippen molar-refractivity contribution < 1.29 is 19.4 Å². The van der Waals surface area contributed by atoms with Crippen LogP contribution >= 0.6 is 0 Å². The van der Waals surface area contributed by atoms with Crippen LogP contribution in [0.2, 0.25) is 0 Å². The van der Waals surface area contributed by atoms with Gasteiger partial charge in [0, 0.05) is 6.08 Å². The van der Waals surface area contributed by atoms with E-state index in [2.05, 4.69) is 16.4 Å². The fourth-order valence-corrected chi connectivity index (χ4v) is 0.933. The molecule has 1 rings (SSSR count). The third kappa shape index (κ3) is 3.27. The predicted molar refractivity (Wildman–Crippen MR) is 52.9 cm³/mol. The molecule has 4 heteroatoms. The number of hydrogen-bond donors (Lipinski definition) is 0. The maximum absolute atomic E-state index is 11.3. The van der Waals surface area contributed by atoms with Crippen LogP contribution in [0.25, 0.3) is 0 Å². The summed E-state index contributed by atoms with van der Waals surface area (Å²) in [5, 5.41) is 0. The molecule has 78 valence electrons. The lowest BCUT2D eigenvalue weighted by molar-refractivity contribution is -0.228.